The molecule has 1 N–H and O–H groups in total. The van der Waals surface area contributed by atoms with Gasteiger partial charge in [0.1, 0.15) is 18.2 Å². The second-order valence-electron chi connectivity index (χ2n) is 11.7. The largest absolute Gasteiger partial charge is 0.489 e. The van der Waals surface area contributed by atoms with E-state index in [9.17, 15) is 18.8 Å². The number of carbonyl (C=O) groups excluding carboxylic acids is 2. The van der Waals surface area contributed by atoms with Crippen molar-refractivity contribution in [2.45, 2.75) is 36.1 Å². The Morgan fingerprint density at radius 2 is 1.64 bits per heavy atom. The second kappa shape index (κ2) is 9.67. The lowest BCUT2D eigenvalue weighted by atomic mass is 9.68. The number of carbonyl (C=O) groups is 2. The maximum absolute atomic E-state index is 13.9. The lowest BCUT2D eigenvalue weighted by Gasteiger charge is -2.43. The standard InChI is InChI=1S/C33H27FN2O4S2/c1-16-6-2-3-7-17(16)15-40-23-9-5-4-8-20(23)24-25-21-14-22(28(25)41-30-29(24)42-33(39)35-30)27-26(21)31(37)36(32(27)38)19-12-10-18(34)11-13-19/h2-13,21-22,24-28H,14-15H2,1H3,(H,35,39)/t21-,22-,24+,25+,26+,27+,28-/m1/s1. The van der Waals surface area contributed by atoms with Crippen LogP contribution in [-0.2, 0) is 16.2 Å². The van der Waals surface area contributed by atoms with Gasteiger partial charge in [-0.25, -0.2) is 4.39 Å². The SMILES string of the molecule is Cc1ccccc1COc1ccccc1[C@@H]1c2sc(=O)[nH]c2S[C@@H]2[C@@H]3C[C@@H]([C@@H]4C(=O)N(c5ccc(F)cc5)C(=O)[C@@H]34)[C@@H]12. The van der Waals surface area contributed by atoms with Crippen molar-refractivity contribution in [2.24, 2.45) is 29.6 Å². The topological polar surface area (TPSA) is 79.5 Å². The number of rotatable bonds is 5. The summed E-state index contributed by atoms with van der Waals surface area (Å²) in [6.07, 6.45) is 0.800. The molecule has 3 fully saturated rings. The van der Waals surface area contributed by atoms with Crippen molar-refractivity contribution in [3.05, 3.63) is 110 Å². The molecule has 0 unspecified atom stereocenters. The molecule has 2 aliphatic heterocycles. The molecule has 42 heavy (non-hydrogen) atoms. The van der Waals surface area contributed by atoms with Crippen molar-refractivity contribution < 1.29 is 18.7 Å². The van der Waals surface area contributed by atoms with E-state index in [2.05, 4.69) is 30.1 Å². The number of nitrogens with zero attached hydrogens (tertiary/aromatic N) is 1. The van der Waals surface area contributed by atoms with Gasteiger partial charge >= 0.3 is 4.87 Å². The molecule has 4 aliphatic rings. The highest BCUT2D eigenvalue weighted by Gasteiger charge is 2.69. The van der Waals surface area contributed by atoms with Crippen molar-refractivity contribution in [1.82, 2.24) is 4.98 Å². The third-order valence-electron chi connectivity index (χ3n) is 9.71. The summed E-state index contributed by atoms with van der Waals surface area (Å²) in [7, 11) is 0. The van der Waals surface area contributed by atoms with Crippen molar-refractivity contribution in [3.63, 3.8) is 0 Å². The number of nitrogens with one attached hydrogen (secondary N) is 1. The van der Waals surface area contributed by atoms with Crippen LogP contribution in [0.2, 0.25) is 0 Å². The van der Waals surface area contributed by atoms with Crippen LogP contribution in [0.5, 0.6) is 5.75 Å². The summed E-state index contributed by atoms with van der Waals surface area (Å²) < 4.78 is 20.1. The van der Waals surface area contributed by atoms with Crippen molar-refractivity contribution >= 4 is 40.6 Å². The number of halogens is 1. The molecular formula is C33H27FN2O4S2. The number of amides is 2. The fourth-order valence-corrected chi connectivity index (χ4v) is 10.9. The smallest absolute Gasteiger partial charge is 0.305 e. The van der Waals surface area contributed by atoms with Gasteiger partial charge in [0.15, 0.2) is 0 Å². The van der Waals surface area contributed by atoms with Crippen LogP contribution < -0.4 is 14.5 Å². The summed E-state index contributed by atoms with van der Waals surface area (Å²) in [6, 6.07) is 21.7. The van der Waals surface area contributed by atoms with Crippen molar-refractivity contribution in [3.8, 4) is 5.75 Å². The fourth-order valence-electron chi connectivity index (χ4n) is 8.01. The maximum Gasteiger partial charge on any atom is 0.305 e. The van der Waals surface area contributed by atoms with E-state index >= 15 is 0 Å². The van der Waals surface area contributed by atoms with Crippen molar-refractivity contribution in [1.29, 1.82) is 0 Å². The molecule has 2 aliphatic carbocycles. The van der Waals surface area contributed by atoms with E-state index in [-0.39, 0.29) is 45.6 Å². The average molecular weight is 599 g/mol. The number of hydrogen-bond donors (Lipinski definition) is 1. The summed E-state index contributed by atoms with van der Waals surface area (Å²) in [4.78, 5) is 45.6. The minimum atomic E-state index is -0.422. The van der Waals surface area contributed by atoms with E-state index in [4.69, 9.17) is 4.74 Å². The van der Waals surface area contributed by atoms with Gasteiger partial charge in [-0.2, -0.15) is 0 Å². The molecule has 2 amide bonds. The van der Waals surface area contributed by atoms with Crippen LogP contribution in [0.3, 0.4) is 0 Å². The quantitative estimate of drug-likeness (QED) is 0.279. The van der Waals surface area contributed by atoms with Crippen LogP contribution in [0, 0.1) is 42.3 Å². The third-order valence-corrected chi connectivity index (χ3v) is 12.3. The number of anilines is 1. The summed E-state index contributed by atoms with van der Waals surface area (Å²) >= 11 is 2.90. The maximum atomic E-state index is 13.9. The first kappa shape index (κ1) is 26.0. The normalized spacial score (nSPS) is 29.0. The Bertz CT molecular complexity index is 1800. The highest BCUT2D eigenvalue weighted by Crippen LogP contribution is 2.69. The molecular weight excluding hydrogens is 572 g/mol. The number of thiazole rings is 1. The lowest BCUT2D eigenvalue weighted by molar-refractivity contribution is -0.123. The number of imide groups is 1. The first-order chi connectivity index (χ1) is 20.4. The molecule has 2 bridgehead atoms. The van der Waals surface area contributed by atoms with Crippen LogP contribution in [0.15, 0.2) is 82.6 Å². The monoisotopic (exact) mass is 598 g/mol. The van der Waals surface area contributed by atoms with Crippen LogP contribution >= 0.6 is 23.1 Å². The number of benzene rings is 3. The molecule has 3 aromatic carbocycles. The molecule has 1 aromatic heterocycles. The molecule has 212 valence electrons. The van der Waals surface area contributed by atoms with E-state index in [1.165, 1.54) is 40.5 Å². The number of H-pyrrole nitrogens is 1. The molecule has 2 saturated carbocycles. The highest BCUT2D eigenvalue weighted by molar-refractivity contribution is 8.00. The van der Waals surface area contributed by atoms with E-state index in [0.29, 0.717) is 12.3 Å². The zero-order valence-corrected chi connectivity index (χ0v) is 24.3. The second-order valence-corrected chi connectivity index (χ2v) is 13.9. The number of hydrogen-bond acceptors (Lipinski definition) is 6. The molecule has 7 atom stereocenters. The van der Waals surface area contributed by atoms with Crippen LogP contribution in [-0.4, -0.2) is 22.0 Å². The molecule has 0 spiro atoms. The number of aryl methyl sites for hydroxylation is 1. The Balaban J connectivity index is 1.19. The number of thioether (sulfide) groups is 1. The fraction of sp³-hybridized carbons (Fsp3) is 0.303. The molecule has 3 heterocycles. The Hall–Kier alpha value is -3.69. The Morgan fingerprint density at radius 1 is 0.929 bits per heavy atom. The third kappa shape index (κ3) is 3.79. The first-order valence-electron chi connectivity index (χ1n) is 14.2. The first-order valence-corrected chi connectivity index (χ1v) is 15.9. The van der Waals surface area contributed by atoms with Crippen LogP contribution in [0.4, 0.5) is 10.1 Å². The van der Waals surface area contributed by atoms with Gasteiger partial charge in [0, 0.05) is 21.6 Å². The minimum Gasteiger partial charge on any atom is -0.489 e. The Morgan fingerprint density at radius 3 is 2.43 bits per heavy atom. The molecule has 4 aromatic rings. The Kier molecular flexibility index (Phi) is 5.98. The van der Waals surface area contributed by atoms with E-state index in [1.54, 1.807) is 11.8 Å². The highest BCUT2D eigenvalue weighted by atomic mass is 32.2. The summed E-state index contributed by atoms with van der Waals surface area (Å²) in [5.74, 6) is -0.924. The Labute approximate surface area is 249 Å². The van der Waals surface area contributed by atoms with Gasteiger partial charge in [0.05, 0.1) is 22.5 Å². The van der Waals surface area contributed by atoms with Gasteiger partial charge in [-0.05, 0) is 72.6 Å². The molecule has 1 saturated heterocycles. The van der Waals surface area contributed by atoms with Gasteiger partial charge in [0.2, 0.25) is 11.8 Å². The van der Waals surface area contributed by atoms with Gasteiger partial charge < -0.3 is 9.72 Å². The van der Waals surface area contributed by atoms with Gasteiger partial charge in [-0.3, -0.25) is 19.3 Å². The number of aromatic nitrogens is 1. The average Bonchev–Trinajstić information content (AvgIpc) is 3.72. The lowest BCUT2D eigenvalue weighted by Crippen LogP contribution is -2.42. The predicted molar refractivity (Wildman–Crippen MR) is 159 cm³/mol. The number of para-hydroxylation sites is 1. The van der Waals surface area contributed by atoms with Gasteiger partial charge in [-0.15, -0.1) is 11.8 Å². The van der Waals surface area contributed by atoms with Gasteiger partial charge in [0.25, 0.3) is 0 Å². The summed E-state index contributed by atoms with van der Waals surface area (Å²) in [5.41, 5.74) is 3.69. The summed E-state index contributed by atoms with van der Waals surface area (Å²) in [5, 5.41) is 0.939. The van der Waals surface area contributed by atoms with Crippen LogP contribution in [0.25, 0.3) is 0 Å². The predicted octanol–water partition coefficient (Wildman–Crippen LogP) is 6.14. The molecule has 9 heteroatoms. The summed E-state index contributed by atoms with van der Waals surface area (Å²) in [6.45, 7) is 2.49. The molecule has 8 rings (SSSR count). The van der Waals surface area contributed by atoms with Crippen LogP contribution in [0.1, 0.15) is 33.9 Å². The van der Waals surface area contributed by atoms with Gasteiger partial charge in [-0.1, -0.05) is 53.8 Å². The van der Waals surface area contributed by atoms with E-state index in [0.717, 1.165) is 38.8 Å². The number of aromatic amines is 1. The van der Waals surface area contributed by atoms with Crippen molar-refractivity contribution in [2.75, 3.05) is 4.90 Å². The number of fused-ring (bicyclic) bond motifs is 9. The zero-order chi connectivity index (χ0) is 28.7. The van der Waals surface area contributed by atoms with E-state index in [1.807, 2.05) is 30.3 Å². The molecule has 0 radical (unpaired) electrons. The van der Waals surface area contributed by atoms with E-state index < -0.39 is 17.7 Å². The molecule has 6 nitrogen and oxygen atoms in total. The number of ether oxygens (including phenoxy) is 1. The zero-order valence-electron chi connectivity index (χ0n) is 22.7. The minimum absolute atomic E-state index is 0.0102.